The molecule has 23 heavy (non-hydrogen) atoms. The van der Waals surface area contributed by atoms with Crippen molar-refractivity contribution in [1.82, 2.24) is 0 Å². The van der Waals surface area contributed by atoms with Gasteiger partial charge in [-0.15, -0.1) is 0 Å². The maximum atomic E-state index is 11.3. The fourth-order valence-electron chi connectivity index (χ4n) is 2.37. The van der Waals surface area contributed by atoms with E-state index in [0.717, 1.165) is 21.2 Å². The summed E-state index contributed by atoms with van der Waals surface area (Å²) in [6.07, 6.45) is 0. The molecule has 0 amide bonds. The Morgan fingerprint density at radius 3 is 1.65 bits per heavy atom. The molecule has 0 radical (unpaired) electrons. The number of aliphatic hydroxyl groups is 1. The van der Waals surface area contributed by atoms with Gasteiger partial charge in [-0.05, 0) is 24.3 Å². The zero-order valence-corrected chi connectivity index (χ0v) is 14.0. The summed E-state index contributed by atoms with van der Waals surface area (Å²) in [4.78, 5) is 0. The highest BCUT2D eigenvalue weighted by molar-refractivity contribution is 9.10. The lowest BCUT2D eigenvalue weighted by atomic mass is 9.86. The predicted octanol–water partition coefficient (Wildman–Crippen LogP) is 4.74. The highest BCUT2D eigenvalue weighted by Gasteiger charge is 2.28. The molecule has 0 atom stereocenters. The highest BCUT2D eigenvalue weighted by atomic mass is 79.9. The van der Waals surface area contributed by atoms with Crippen LogP contribution >= 0.6 is 15.9 Å². The minimum absolute atomic E-state index is 0.760. The third kappa shape index (κ3) is 3.53. The molecule has 0 saturated carbocycles. The predicted molar refractivity (Wildman–Crippen MR) is 96.9 cm³/mol. The topological polar surface area (TPSA) is 20.2 Å². The van der Waals surface area contributed by atoms with Crippen LogP contribution in [0.3, 0.4) is 0 Å². The summed E-state index contributed by atoms with van der Waals surface area (Å²) in [5, 5.41) is 11.3. The van der Waals surface area contributed by atoms with Crippen molar-refractivity contribution in [2.24, 2.45) is 0 Å². The Bertz CT molecular complexity index is 788. The highest BCUT2D eigenvalue weighted by Crippen LogP contribution is 2.28. The average Bonchev–Trinajstić information content (AvgIpc) is 2.62. The van der Waals surface area contributed by atoms with E-state index >= 15 is 0 Å². The first-order chi connectivity index (χ1) is 11.2. The second kappa shape index (κ2) is 6.83. The van der Waals surface area contributed by atoms with Crippen LogP contribution in [0.5, 0.6) is 0 Å². The fourth-order valence-corrected chi connectivity index (χ4v) is 2.63. The quantitative estimate of drug-likeness (QED) is 0.653. The summed E-state index contributed by atoms with van der Waals surface area (Å²) in [6, 6.07) is 26.8. The van der Waals surface area contributed by atoms with Gasteiger partial charge in [0.15, 0.2) is 5.60 Å². The van der Waals surface area contributed by atoms with E-state index < -0.39 is 5.60 Å². The molecule has 0 heterocycles. The third-order valence-electron chi connectivity index (χ3n) is 3.62. The monoisotopic (exact) mass is 362 g/mol. The average molecular weight is 363 g/mol. The van der Waals surface area contributed by atoms with E-state index in [0.29, 0.717) is 0 Å². The van der Waals surface area contributed by atoms with E-state index in [1.165, 1.54) is 0 Å². The Kier molecular flexibility index (Phi) is 4.62. The molecule has 0 aliphatic carbocycles. The van der Waals surface area contributed by atoms with Crippen LogP contribution in [0, 0.1) is 11.8 Å². The molecule has 3 aromatic carbocycles. The van der Waals surface area contributed by atoms with Crippen molar-refractivity contribution < 1.29 is 5.11 Å². The van der Waals surface area contributed by atoms with Crippen LogP contribution in [0.25, 0.3) is 0 Å². The van der Waals surface area contributed by atoms with Crippen LogP contribution in [-0.2, 0) is 5.60 Å². The van der Waals surface area contributed by atoms with Crippen LogP contribution in [0.4, 0.5) is 0 Å². The van der Waals surface area contributed by atoms with Gasteiger partial charge < -0.3 is 5.11 Å². The lowest BCUT2D eigenvalue weighted by Gasteiger charge is -2.23. The van der Waals surface area contributed by atoms with Gasteiger partial charge in [-0.1, -0.05) is 88.4 Å². The van der Waals surface area contributed by atoms with Gasteiger partial charge in [0.1, 0.15) is 0 Å². The number of hydrogen-bond donors (Lipinski definition) is 1. The Labute approximate surface area is 144 Å². The molecular weight excluding hydrogens is 348 g/mol. The minimum Gasteiger partial charge on any atom is -0.369 e. The SMILES string of the molecule is OC(C#Cc1ccc(Br)cc1)(c1ccccc1)c1ccccc1. The van der Waals surface area contributed by atoms with Crippen molar-refractivity contribution in [1.29, 1.82) is 0 Å². The minimum atomic E-state index is -1.34. The molecule has 112 valence electrons. The van der Waals surface area contributed by atoms with Crippen LogP contribution in [0.2, 0.25) is 0 Å². The molecule has 0 aromatic heterocycles. The second-order valence-electron chi connectivity index (χ2n) is 5.20. The van der Waals surface area contributed by atoms with E-state index in [2.05, 4.69) is 27.8 Å². The van der Waals surface area contributed by atoms with Crippen molar-refractivity contribution in [3.63, 3.8) is 0 Å². The summed E-state index contributed by atoms with van der Waals surface area (Å²) in [5.74, 6) is 6.14. The Morgan fingerprint density at radius 2 is 1.17 bits per heavy atom. The molecular formula is C21H15BrO. The molecule has 3 aromatic rings. The van der Waals surface area contributed by atoms with Gasteiger partial charge in [0, 0.05) is 21.2 Å². The molecule has 0 aliphatic heterocycles. The van der Waals surface area contributed by atoms with Crippen LogP contribution in [0.15, 0.2) is 89.4 Å². The van der Waals surface area contributed by atoms with Crippen molar-refractivity contribution in [3.8, 4) is 11.8 Å². The molecule has 0 unspecified atom stereocenters. The normalized spacial score (nSPS) is 10.7. The number of halogens is 1. The van der Waals surface area contributed by atoms with Gasteiger partial charge in [0.25, 0.3) is 0 Å². The fraction of sp³-hybridized carbons (Fsp3) is 0.0476. The molecule has 1 nitrogen and oxygen atoms in total. The van der Waals surface area contributed by atoms with Crippen molar-refractivity contribution >= 4 is 15.9 Å². The van der Waals surface area contributed by atoms with E-state index in [1.54, 1.807) is 0 Å². The first-order valence-corrected chi connectivity index (χ1v) is 8.10. The van der Waals surface area contributed by atoms with Gasteiger partial charge in [-0.25, -0.2) is 0 Å². The largest absolute Gasteiger partial charge is 0.369 e. The number of benzene rings is 3. The second-order valence-corrected chi connectivity index (χ2v) is 6.12. The number of hydrogen-bond acceptors (Lipinski definition) is 1. The van der Waals surface area contributed by atoms with Gasteiger partial charge in [-0.2, -0.15) is 0 Å². The van der Waals surface area contributed by atoms with Crippen molar-refractivity contribution in [2.45, 2.75) is 5.60 Å². The van der Waals surface area contributed by atoms with Crippen LogP contribution in [-0.4, -0.2) is 5.11 Å². The molecule has 2 heteroatoms. The Hall–Kier alpha value is -2.34. The van der Waals surface area contributed by atoms with E-state index in [1.807, 2.05) is 84.9 Å². The molecule has 0 fully saturated rings. The summed E-state index contributed by atoms with van der Waals surface area (Å²) >= 11 is 3.41. The van der Waals surface area contributed by atoms with Crippen LogP contribution in [0.1, 0.15) is 16.7 Å². The summed E-state index contributed by atoms with van der Waals surface area (Å²) in [6.45, 7) is 0. The number of rotatable bonds is 2. The van der Waals surface area contributed by atoms with E-state index in [-0.39, 0.29) is 0 Å². The van der Waals surface area contributed by atoms with Gasteiger partial charge in [0.2, 0.25) is 0 Å². The lowest BCUT2D eigenvalue weighted by Crippen LogP contribution is -2.25. The van der Waals surface area contributed by atoms with Gasteiger partial charge in [0.05, 0.1) is 0 Å². The first kappa shape index (κ1) is 15.6. The third-order valence-corrected chi connectivity index (χ3v) is 4.14. The van der Waals surface area contributed by atoms with E-state index in [4.69, 9.17) is 0 Å². The lowest BCUT2D eigenvalue weighted by molar-refractivity contribution is 0.145. The standard InChI is InChI=1S/C21H15BrO/c22-20-13-11-17(12-14-20)15-16-21(23,18-7-3-1-4-8-18)19-9-5-2-6-10-19/h1-14,23H. The summed E-state index contributed by atoms with van der Waals surface area (Å²) < 4.78 is 1.00. The maximum absolute atomic E-state index is 11.3. The molecule has 0 aliphatic rings. The molecule has 1 N–H and O–H groups in total. The molecule has 0 saturated heterocycles. The first-order valence-electron chi connectivity index (χ1n) is 7.31. The van der Waals surface area contributed by atoms with Gasteiger partial charge in [-0.3, -0.25) is 0 Å². The van der Waals surface area contributed by atoms with E-state index in [9.17, 15) is 5.11 Å². The van der Waals surface area contributed by atoms with Crippen molar-refractivity contribution in [2.75, 3.05) is 0 Å². The van der Waals surface area contributed by atoms with Gasteiger partial charge >= 0.3 is 0 Å². The van der Waals surface area contributed by atoms with Crippen LogP contribution < -0.4 is 0 Å². The Balaban J connectivity index is 2.09. The summed E-state index contributed by atoms with van der Waals surface area (Å²) in [5.41, 5.74) is 1.04. The summed E-state index contributed by atoms with van der Waals surface area (Å²) in [7, 11) is 0. The maximum Gasteiger partial charge on any atom is 0.177 e. The van der Waals surface area contributed by atoms with Crippen molar-refractivity contribution in [3.05, 3.63) is 106 Å². The molecule has 0 bridgehead atoms. The smallest absolute Gasteiger partial charge is 0.177 e. The molecule has 0 spiro atoms. The zero-order chi connectivity index (χ0) is 16.1. The molecule has 3 rings (SSSR count). The zero-order valence-electron chi connectivity index (χ0n) is 12.4. The Morgan fingerprint density at radius 1 is 0.696 bits per heavy atom.